The minimum atomic E-state index is -0.825. The van der Waals surface area contributed by atoms with E-state index in [1.165, 1.54) is 25.8 Å². The second-order valence-corrected chi connectivity index (χ2v) is 11.6. The van der Waals surface area contributed by atoms with Gasteiger partial charge in [0.2, 0.25) is 0 Å². The number of fused-ring (bicyclic) bond motifs is 8. The maximum absolute atomic E-state index is 14.8. The van der Waals surface area contributed by atoms with Crippen molar-refractivity contribution in [1.82, 2.24) is 0 Å². The van der Waals surface area contributed by atoms with Crippen molar-refractivity contribution in [2.45, 2.75) is 24.9 Å². The number of hydrogen-bond acceptors (Lipinski definition) is 1. The molecule has 0 fully saturated rings. The van der Waals surface area contributed by atoms with E-state index < -0.39 is 5.60 Å². The second kappa shape index (κ2) is 8.03. The van der Waals surface area contributed by atoms with Crippen LogP contribution >= 0.6 is 22.6 Å². The molecule has 0 spiro atoms. The molecule has 1 nitrogen and oxygen atoms in total. The lowest BCUT2D eigenvalue weighted by Gasteiger charge is -2.38. The maximum Gasteiger partial charge on any atom is 0.178 e. The molecule has 1 heterocycles. The highest BCUT2D eigenvalue weighted by Crippen LogP contribution is 2.58. The van der Waals surface area contributed by atoms with E-state index in [0.717, 1.165) is 33.2 Å². The number of rotatable bonds is 2. The molecule has 0 bridgehead atoms. The number of halogens is 2. The molecule has 5 aromatic rings. The minimum Gasteiger partial charge on any atom is -0.472 e. The Bertz CT molecular complexity index is 1700. The highest BCUT2D eigenvalue weighted by Gasteiger charge is 2.44. The Hall–Kier alpha value is -3.44. The average molecular weight is 594 g/mol. The van der Waals surface area contributed by atoms with Gasteiger partial charge in [0, 0.05) is 31.1 Å². The second-order valence-electron chi connectivity index (χ2n) is 10.4. The van der Waals surface area contributed by atoms with Gasteiger partial charge >= 0.3 is 0 Å². The molecule has 1 aliphatic heterocycles. The van der Waals surface area contributed by atoms with E-state index >= 15 is 0 Å². The molecule has 0 radical (unpaired) electrons. The summed E-state index contributed by atoms with van der Waals surface area (Å²) in [5.41, 5.74) is 6.98. The molecule has 0 aromatic heterocycles. The van der Waals surface area contributed by atoms with Crippen LogP contribution in [-0.2, 0) is 11.0 Å². The molecule has 0 amide bonds. The Balaban J connectivity index is 1.59. The monoisotopic (exact) mass is 594 g/mol. The molecular weight excluding hydrogens is 570 g/mol. The lowest BCUT2D eigenvalue weighted by Crippen LogP contribution is -2.35. The van der Waals surface area contributed by atoms with Gasteiger partial charge in [-0.2, -0.15) is 0 Å². The van der Waals surface area contributed by atoms with Gasteiger partial charge in [-0.3, -0.25) is 0 Å². The van der Waals surface area contributed by atoms with E-state index in [9.17, 15) is 4.39 Å². The van der Waals surface area contributed by atoms with Crippen LogP contribution in [0.4, 0.5) is 4.39 Å². The van der Waals surface area contributed by atoms with Crippen molar-refractivity contribution in [3.8, 4) is 16.9 Å². The largest absolute Gasteiger partial charge is 0.472 e. The van der Waals surface area contributed by atoms with Crippen molar-refractivity contribution >= 4 is 39.4 Å². The summed E-state index contributed by atoms with van der Waals surface area (Å²) in [6, 6.07) is 32.3. The zero-order chi connectivity index (χ0) is 25.4. The van der Waals surface area contributed by atoms with Crippen molar-refractivity contribution < 1.29 is 9.13 Å². The summed E-state index contributed by atoms with van der Waals surface area (Å²) in [5, 5.41) is 1.82. The van der Waals surface area contributed by atoms with Gasteiger partial charge in [0.15, 0.2) is 5.60 Å². The fraction of sp³-hybridized carbons (Fsp3) is 0.118. The topological polar surface area (TPSA) is 9.23 Å². The molecule has 0 saturated carbocycles. The van der Waals surface area contributed by atoms with E-state index in [-0.39, 0.29) is 11.2 Å². The smallest absolute Gasteiger partial charge is 0.178 e. The van der Waals surface area contributed by atoms with Crippen LogP contribution in [0.1, 0.15) is 41.7 Å². The maximum atomic E-state index is 14.8. The lowest BCUT2D eigenvalue weighted by molar-refractivity contribution is 0.163. The first-order valence-corrected chi connectivity index (χ1v) is 13.6. The summed E-state index contributed by atoms with van der Waals surface area (Å²) < 4.78 is 23.2. The van der Waals surface area contributed by atoms with E-state index in [1.807, 2.05) is 42.5 Å². The van der Waals surface area contributed by atoms with Crippen LogP contribution in [0.3, 0.4) is 0 Å². The molecule has 0 atom stereocenters. The summed E-state index contributed by atoms with van der Waals surface area (Å²) in [7, 11) is 0. The first kappa shape index (κ1) is 22.7. The Kier molecular flexibility index (Phi) is 4.93. The third-order valence-corrected chi connectivity index (χ3v) is 8.63. The van der Waals surface area contributed by atoms with Crippen LogP contribution in [0.5, 0.6) is 5.75 Å². The SMILES string of the molecule is CC1(C)c2cc(I)ccc2-c2c1c1c(c3cc(F)ccc23)OC(c2ccccc2)(c2ccccc2)C=C1. The van der Waals surface area contributed by atoms with Crippen LogP contribution in [-0.4, -0.2) is 0 Å². The standard InChI is InChI=1S/C34H24FIO/c1-33(2)29-20-24(36)14-16-26(29)30-25-15-13-23(35)19-28(25)32-27(31(30)33)17-18-34(37-32,21-9-5-3-6-10-21)22-11-7-4-8-12-22/h3-20H,1-2H3. The van der Waals surface area contributed by atoms with Crippen molar-refractivity contribution in [3.63, 3.8) is 0 Å². The summed E-state index contributed by atoms with van der Waals surface area (Å²) >= 11 is 2.38. The van der Waals surface area contributed by atoms with Crippen molar-refractivity contribution in [1.29, 1.82) is 0 Å². The summed E-state index contributed by atoms with van der Waals surface area (Å²) in [5.74, 6) is 0.469. The number of ether oxygens (including phenoxy) is 1. The summed E-state index contributed by atoms with van der Waals surface area (Å²) in [4.78, 5) is 0. The van der Waals surface area contributed by atoms with Gasteiger partial charge < -0.3 is 4.74 Å². The molecular formula is C34H24FIO. The van der Waals surface area contributed by atoms with Crippen molar-refractivity contribution in [2.24, 2.45) is 0 Å². The summed E-state index contributed by atoms with van der Waals surface area (Å²) in [6.07, 6.45) is 4.38. The zero-order valence-corrected chi connectivity index (χ0v) is 22.7. The molecule has 180 valence electrons. The predicted molar refractivity (Wildman–Crippen MR) is 158 cm³/mol. The van der Waals surface area contributed by atoms with Crippen LogP contribution in [0.2, 0.25) is 0 Å². The van der Waals surface area contributed by atoms with Gasteiger partial charge in [-0.05, 0) is 80.6 Å². The van der Waals surface area contributed by atoms with E-state index in [0.29, 0.717) is 0 Å². The van der Waals surface area contributed by atoms with E-state index in [2.05, 4.69) is 91.1 Å². The first-order chi connectivity index (χ1) is 17.9. The minimum absolute atomic E-state index is 0.230. The first-order valence-electron chi connectivity index (χ1n) is 12.5. The van der Waals surface area contributed by atoms with Gasteiger partial charge in [0.25, 0.3) is 0 Å². The number of hydrogen-bond donors (Lipinski definition) is 0. The van der Waals surface area contributed by atoms with E-state index in [4.69, 9.17) is 4.74 Å². The highest BCUT2D eigenvalue weighted by molar-refractivity contribution is 14.1. The Morgan fingerprint density at radius 2 is 1.43 bits per heavy atom. The molecule has 0 saturated heterocycles. The third kappa shape index (κ3) is 3.19. The molecule has 1 aliphatic carbocycles. The van der Waals surface area contributed by atoms with Crippen LogP contribution in [0.25, 0.3) is 28.0 Å². The van der Waals surface area contributed by atoms with Gasteiger partial charge in [0.05, 0.1) is 0 Å². The van der Waals surface area contributed by atoms with Gasteiger partial charge in [-0.1, -0.05) is 92.7 Å². The molecule has 0 N–H and O–H groups in total. The van der Waals surface area contributed by atoms with Gasteiger partial charge in [0.1, 0.15) is 11.6 Å². The van der Waals surface area contributed by atoms with Crippen LogP contribution in [0, 0.1) is 9.39 Å². The summed E-state index contributed by atoms with van der Waals surface area (Å²) in [6.45, 7) is 4.57. The lowest BCUT2D eigenvalue weighted by atomic mass is 9.77. The highest BCUT2D eigenvalue weighted by atomic mass is 127. The van der Waals surface area contributed by atoms with E-state index in [1.54, 1.807) is 12.1 Å². The van der Waals surface area contributed by atoms with Crippen molar-refractivity contribution in [2.75, 3.05) is 0 Å². The normalized spacial score (nSPS) is 16.1. The van der Waals surface area contributed by atoms with Crippen LogP contribution in [0.15, 0.2) is 103 Å². The number of benzene rings is 5. The molecule has 7 rings (SSSR count). The molecule has 5 aromatic carbocycles. The Labute approximate surface area is 229 Å². The Morgan fingerprint density at radius 1 is 0.757 bits per heavy atom. The average Bonchev–Trinajstić information content (AvgIpc) is 3.16. The van der Waals surface area contributed by atoms with Gasteiger partial charge in [-0.25, -0.2) is 4.39 Å². The van der Waals surface area contributed by atoms with Crippen LogP contribution < -0.4 is 4.74 Å². The zero-order valence-electron chi connectivity index (χ0n) is 20.6. The quantitative estimate of drug-likeness (QED) is 0.185. The molecule has 0 unspecified atom stereocenters. The Morgan fingerprint density at radius 3 is 2.11 bits per heavy atom. The van der Waals surface area contributed by atoms with Gasteiger partial charge in [-0.15, -0.1) is 0 Å². The fourth-order valence-electron chi connectivity index (χ4n) is 6.28. The molecule has 37 heavy (non-hydrogen) atoms. The van der Waals surface area contributed by atoms with Crippen molar-refractivity contribution in [3.05, 3.63) is 140 Å². The molecule has 2 aliphatic rings. The molecule has 3 heteroatoms. The third-order valence-electron chi connectivity index (χ3n) is 7.96. The predicted octanol–water partition coefficient (Wildman–Crippen LogP) is 9.24. The fourth-order valence-corrected chi connectivity index (χ4v) is 6.77.